The van der Waals surface area contributed by atoms with Gasteiger partial charge in [-0.25, -0.2) is 15.0 Å². The third-order valence-corrected chi connectivity index (χ3v) is 9.81. The van der Waals surface area contributed by atoms with Crippen LogP contribution in [-0.4, -0.2) is 15.0 Å². The van der Waals surface area contributed by atoms with Crippen molar-refractivity contribution in [1.82, 2.24) is 15.0 Å². The van der Waals surface area contributed by atoms with E-state index in [-0.39, 0.29) is 5.41 Å². The second kappa shape index (κ2) is 10.0. The van der Waals surface area contributed by atoms with Crippen LogP contribution in [0.2, 0.25) is 0 Å². The number of nitriles is 1. The Bertz CT molecular complexity index is 1840. The van der Waals surface area contributed by atoms with Gasteiger partial charge >= 0.3 is 0 Å². The summed E-state index contributed by atoms with van der Waals surface area (Å²) in [4.78, 5) is 15.0. The molecule has 1 heterocycles. The van der Waals surface area contributed by atoms with Gasteiger partial charge in [-0.1, -0.05) is 78.8 Å². The average Bonchev–Trinajstić information content (AvgIpc) is 3.04. The molecule has 0 spiro atoms. The number of hydrogen-bond donors (Lipinski definition) is 0. The Morgan fingerprint density at radius 3 is 1.76 bits per heavy atom. The zero-order chi connectivity index (χ0) is 29.0. The van der Waals surface area contributed by atoms with Crippen molar-refractivity contribution in [3.8, 4) is 51.4 Å². The molecule has 4 heteroatoms. The van der Waals surface area contributed by atoms with E-state index in [1.807, 2.05) is 60.7 Å². The summed E-state index contributed by atoms with van der Waals surface area (Å²) in [5.74, 6) is 4.35. The molecule has 0 amide bonds. The fourth-order valence-electron chi connectivity index (χ4n) is 8.35. The summed E-state index contributed by atoms with van der Waals surface area (Å²) in [5.41, 5.74) is 7.14. The normalized spacial score (nSPS) is 24.3. The minimum atomic E-state index is 0.189. The van der Waals surface area contributed by atoms with Gasteiger partial charge in [-0.2, -0.15) is 5.26 Å². The van der Waals surface area contributed by atoms with Crippen LogP contribution >= 0.6 is 0 Å². The molecule has 4 bridgehead atoms. The van der Waals surface area contributed by atoms with Crippen molar-refractivity contribution in [2.75, 3.05) is 0 Å². The van der Waals surface area contributed by atoms with Crippen LogP contribution in [0.25, 0.3) is 45.3 Å². The first kappa shape index (κ1) is 24.0. The second-order valence-electron chi connectivity index (χ2n) is 12.7. The van der Waals surface area contributed by atoms with Crippen molar-refractivity contribution in [3.63, 3.8) is 0 Å². The Hall–Kier alpha value is -4.62. The fraction of sp³-hybridized carbons (Fsp3) is 0.263. The predicted molar refractivity (Wildman–Crippen MR) is 166 cm³/mol. The van der Waals surface area contributed by atoms with Crippen LogP contribution in [-0.2, 0) is 5.41 Å². The molecule has 1 aromatic heterocycles. The lowest BCUT2D eigenvalue weighted by atomic mass is 9.48. The number of benzene rings is 4. The van der Waals surface area contributed by atoms with Crippen LogP contribution in [0.1, 0.15) is 51.0 Å². The lowest BCUT2D eigenvalue weighted by molar-refractivity contribution is -0.00515. The van der Waals surface area contributed by atoms with Gasteiger partial charge in [0, 0.05) is 16.7 Å². The van der Waals surface area contributed by atoms with Crippen LogP contribution in [0, 0.1) is 29.1 Å². The zero-order valence-corrected chi connectivity index (χ0v) is 23.5. The molecular weight excluding hydrogens is 512 g/mol. The topological polar surface area (TPSA) is 62.5 Å². The van der Waals surface area contributed by atoms with Crippen LogP contribution in [0.5, 0.6) is 0 Å². The van der Waals surface area contributed by atoms with Gasteiger partial charge in [-0.05, 0) is 103 Å². The molecular formula is C38H32N4. The van der Waals surface area contributed by atoms with Gasteiger partial charge < -0.3 is 0 Å². The first-order valence-corrected chi connectivity index (χ1v) is 15.1. The predicted octanol–water partition coefficient (Wildman–Crippen LogP) is 8.88. The molecule has 0 saturated heterocycles. The van der Waals surface area contributed by atoms with E-state index in [1.54, 1.807) is 12.1 Å². The van der Waals surface area contributed by atoms with E-state index in [0.29, 0.717) is 29.1 Å². The summed E-state index contributed by atoms with van der Waals surface area (Å²) in [6, 6.07) is 35.0. The molecule has 42 heavy (non-hydrogen) atoms. The average molecular weight is 546 g/mol. The van der Waals surface area contributed by atoms with Gasteiger partial charge in [0.15, 0.2) is 17.5 Å². The molecule has 204 valence electrons. The Morgan fingerprint density at radius 1 is 0.595 bits per heavy atom. The molecule has 5 aromatic rings. The summed E-state index contributed by atoms with van der Waals surface area (Å²) in [6.45, 7) is 0. The summed E-state index contributed by atoms with van der Waals surface area (Å²) >= 11 is 0. The molecule has 0 atom stereocenters. The van der Waals surface area contributed by atoms with Crippen LogP contribution in [0.15, 0.2) is 103 Å². The fourth-order valence-corrected chi connectivity index (χ4v) is 8.35. The lowest BCUT2D eigenvalue weighted by Crippen LogP contribution is -2.48. The number of nitrogens with zero attached hydrogens (tertiary/aromatic N) is 4. The zero-order valence-electron chi connectivity index (χ0n) is 24.5. The smallest absolute Gasteiger partial charge is 0.164 e. The van der Waals surface area contributed by atoms with Crippen LogP contribution < -0.4 is 0 Å². The minimum Gasteiger partial charge on any atom is -0.208 e. The van der Waals surface area contributed by atoms with Crippen molar-refractivity contribution in [2.24, 2.45) is 17.8 Å². The molecule has 4 aliphatic carbocycles. The molecule has 9 rings (SSSR count). The highest BCUT2D eigenvalue weighted by molar-refractivity contribution is 5.74. The molecule has 0 aliphatic heterocycles. The van der Waals surface area contributed by atoms with Crippen molar-refractivity contribution in [1.29, 1.82) is 5.26 Å². The minimum absolute atomic E-state index is 0.189. The molecule has 4 fully saturated rings. The molecule has 0 unspecified atom stereocenters. The van der Waals surface area contributed by atoms with E-state index in [1.165, 1.54) is 44.1 Å². The molecule has 4 aliphatic rings. The largest absolute Gasteiger partial charge is 0.208 e. The van der Waals surface area contributed by atoms with E-state index in [0.717, 1.165) is 45.6 Å². The molecule has 0 radical (unpaired) electrons. The van der Waals surface area contributed by atoms with E-state index in [9.17, 15) is 5.26 Å². The van der Waals surface area contributed by atoms with Crippen LogP contribution in [0.4, 0.5) is 0 Å². The Labute approximate surface area is 248 Å². The maximum Gasteiger partial charge on any atom is 0.164 e. The second-order valence-corrected chi connectivity index (χ2v) is 12.7. The van der Waals surface area contributed by atoms with Gasteiger partial charge in [0.1, 0.15) is 0 Å². The SMILES string of the molecule is [2H]c1ccc(-c2nc(-c3ccccc3)nc(-c3cc(-c4cccc(C#N)c4)cc(C45CC6CC(CC(C6)C4)C5)c3)n2)cc1. The molecule has 4 nitrogen and oxygen atoms in total. The van der Waals surface area contributed by atoms with Gasteiger partial charge in [0.2, 0.25) is 0 Å². The van der Waals surface area contributed by atoms with E-state index < -0.39 is 0 Å². The van der Waals surface area contributed by atoms with Gasteiger partial charge in [0.25, 0.3) is 0 Å². The van der Waals surface area contributed by atoms with Gasteiger partial charge in [-0.15, -0.1) is 0 Å². The summed E-state index contributed by atoms with van der Waals surface area (Å²) in [6.07, 6.45) is 7.96. The maximum absolute atomic E-state index is 9.66. The molecule has 4 aromatic carbocycles. The quantitative estimate of drug-likeness (QED) is 0.221. The lowest BCUT2D eigenvalue weighted by Gasteiger charge is -2.57. The first-order valence-electron chi connectivity index (χ1n) is 15.6. The molecule has 0 N–H and O–H groups in total. The number of rotatable bonds is 5. The Balaban J connectivity index is 1.33. The van der Waals surface area contributed by atoms with Crippen molar-refractivity contribution < 1.29 is 1.37 Å². The van der Waals surface area contributed by atoms with Gasteiger partial charge in [-0.3, -0.25) is 0 Å². The van der Waals surface area contributed by atoms with Crippen molar-refractivity contribution >= 4 is 0 Å². The van der Waals surface area contributed by atoms with E-state index in [2.05, 4.69) is 30.3 Å². The highest BCUT2D eigenvalue weighted by atomic mass is 15.0. The third-order valence-electron chi connectivity index (χ3n) is 9.81. The highest BCUT2D eigenvalue weighted by Gasteiger charge is 2.51. The third kappa shape index (κ3) is 4.50. The van der Waals surface area contributed by atoms with E-state index in [4.69, 9.17) is 16.3 Å². The number of hydrogen-bond acceptors (Lipinski definition) is 4. The Kier molecular flexibility index (Phi) is 5.74. The summed E-state index contributed by atoms with van der Waals surface area (Å²) in [5, 5.41) is 9.66. The van der Waals surface area contributed by atoms with E-state index >= 15 is 0 Å². The van der Waals surface area contributed by atoms with Crippen molar-refractivity contribution in [3.05, 3.63) is 114 Å². The number of aromatic nitrogens is 3. The van der Waals surface area contributed by atoms with Crippen LogP contribution in [0.3, 0.4) is 0 Å². The molecule has 4 saturated carbocycles. The maximum atomic E-state index is 9.66. The highest BCUT2D eigenvalue weighted by Crippen LogP contribution is 2.61. The standard InChI is InChI=1S/C38H32N4/c39-24-25-8-7-13-31(17-25)32-18-33(20-34(19-32)38-21-26-14-27(22-38)16-28(15-26)23-38)37-41-35(29-9-3-1-4-10-29)40-36(42-37)30-11-5-2-6-12-30/h1-13,17-20,26-28H,14-16,21-23H2/i1D. The van der Waals surface area contributed by atoms with Gasteiger partial charge in [0.05, 0.1) is 13.0 Å². The first-order chi connectivity index (χ1) is 21.0. The Morgan fingerprint density at radius 2 is 1.14 bits per heavy atom. The van der Waals surface area contributed by atoms with Crippen molar-refractivity contribution in [2.45, 2.75) is 43.9 Å². The monoisotopic (exact) mass is 545 g/mol. The summed E-state index contributed by atoms with van der Waals surface area (Å²) in [7, 11) is 0. The summed E-state index contributed by atoms with van der Waals surface area (Å²) < 4.78 is 7.96.